The number of esters is 1. The van der Waals surface area contributed by atoms with E-state index < -0.39 is 12.2 Å². The van der Waals surface area contributed by atoms with Crippen molar-refractivity contribution in [2.24, 2.45) is 17.8 Å². The minimum atomic E-state index is -0.457. The third kappa shape index (κ3) is 9.01. The Balaban J connectivity index is 1.73. The number of aliphatic hydroxyl groups is 2. The minimum Gasteiger partial charge on any atom is -0.466 e. The number of carbonyl (C=O) groups is 1. The van der Waals surface area contributed by atoms with Crippen LogP contribution in [0, 0.1) is 35.4 Å². The van der Waals surface area contributed by atoms with Gasteiger partial charge in [-0.15, -0.1) is 0 Å². The van der Waals surface area contributed by atoms with Crippen LogP contribution in [0.1, 0.15) is 77.2 Å². The maximum absolute atomic E-state index is 13.0. The molecule has 1 aromatic carbocycles. The van der Waals surface area contributed by atoms with Crippen molar-refractivity contribution in [2.75, 3.05) is 6.61 Å². The zero-order chi connectivity index (χ0) is 22.6. The maximum Gasteiger partial charge on any atom is 0.305 e. The van der Waals surface area contributed by atoms with E-state index in [1.165, 1.54) is 12.1 Å². The van der Waals surface area contributed by atoms with Crippen molar-refractivity contribution in [3.63, 3.8) is 0 Å². The second-order valence-corrected chi connectivity index (χ2v) is 8.71. The third-order valence-electron chi connectivity index (χ3n) is 6.24. The molecule has 5 atom stereocenters. The van der Waals surface area contributed by atoms with E-state index >= 15 is 0 Å². The average Bonchev–Trinajstić information content (AvgIpc) is 3.01. The molecule has 172 valence electrons. The van der Waals surface area contributed by atoms with Crippen LogP contribution in [0.25, 0.3) is 0 Å². The number of ether oxygens (including phenoxy) is 1. The van der Waals surface area contributed by atoms with Gasteiger partial charge >= 0.3 is 5.97 Å². The second-order valence-electron chi connectivity index (χ2n) is 8.71. The molecule has 31 heavy (non-hydrogen) atoms. The lowest BCUT2D eigenvalue weighted by Crippen LogP contribution is -2.22. The van der Waals surface area contributed by atoms with Crippen LogP contribution in [0.5, 0.6) is 0 Å². The molecule has 0 spiro atoms. The van der Waals surface area contributed by atoms with Crippen molar-refractivity contribution in [2.45, 2.75) is 83.8 Å². The SMILES string of the molecule is CCOC(=O)CCCCCC[C@@H]1C(CCC(C)C#Cc2ccc(F)cc2)[C@H](O)C[C@@H]1O. The molecule has 0 radical (unpaired) electrons. The molecule has 4 nitrogen and oxygen atoms in total. The molecule has 2 unspecified atom stereocenters. The quantitative estimate of drug-likeness (QED) is 0.298. The highest BCUT2D eigenvalue weighted by molar-refractivity contribution is 5.69. The Morgan fingerprint density at radius 3 is 2.42 bits per heavy atom. The molecular weight excluding hydrogens is 395 g/mol. The third-order valence-corrected chi connectivity index (χ3v) is 6.24. The molecular formula is C26H37FO4. The Morgan fingerprint density at radius 1 is 1.10 bits per heavy atom. The molecule has 0 bridgehead atoms. The molecule has 5 heteroatoms. The molecule has 1 fully saturated rings. The number of unbranched alkanes of at least 4 members (excludes halogenated alkanes) is 3. The summed E-state index contributed by atoms with van der Waals surface area (Å²) in [5, 5.41) is 20.9. The predicted molar refractivity (Wildman–Crippen MR) is 120 cm³/mol. The molecule has 1 aliphatic carbocycles. The van der Waals surface area contributed by atoms with Crippen LogP contribution in [-0.4, -0.2) is 35.0 Å². The van der Waals surface area contributed by atoms with Crippen molar-refractivity contribution in [3.05, 3.63) is 35.6 Å². The van der Waals surface area contributed by atoms with Crippen LogP contribution in [0.15, 0.2) is 24.3 Å². The lowest BCUT2D eigenvalue weighted by Gasteiger charge is -2.24. The fraction of sp³-hybridized carbons (Fsp3) is 0.654. The van der Waals surface area contributed by atoms with Crippen LogP contribution in [0.2, 0.25) is 0 Å². The van der Waals surface area contributed by atoms with Gasteiger partial charge < -0.3 is 14.9 Å². The number of halogens is 1. The molecule has 0 amide bonds. The fourth-order valence-corrected chi connectivity index (χ4v) is 4.47. The van der Waals surface area contributed by atoms with Gasteiger partial charge in [0.1, 0.15) is 5.82 Å². The second kappa shape index (κ2) is 13.5. The van der Waals surface area contributed by atoms with E-state index in [1.54, 1.807) is 12.1 Å². The number of carbonyl (C=O) groups excluding carboxylic acids is 1. The van der Waals surface area contributed by atoms with E-state index in [4.69, 9.17) is 4.74 Å². The van der Waals surface area contributed by atoms with Gasteiger partial charge in [-0.05, 0) is 75.1 Å². The highest BCUT2D eigenvalue weighted by atomic mass is 19.1. The molecule has 2 rings (SSSR count). The first-order valence-electron chi connectivity index (χ1n) is 11.7. The summed E-state index contributed by atoms with van der Waals surface area (Å²) in [4.78, 5) is 11.4. The number of hydrogen-bond acceptors (Lipinski definition) is 4. The van der Waals surface area contributed by atoms with Crippen LogP contribution >= 0.6 is 0 Å². The number of hydrogen-bond donors (Lipinski definition) is 2. The van der Waals surface area contributed by atoms with Gasteiger partial charge in [0.2, 0.25) is 0 Å². The summed E-state index contributed by atoms with van der Waals surface area (Å²) in [6.07, 6.45) is 6.45. The summed E-state index contributed by atoms with van der Waals surface area (Å²) in [5.41, 5.74) is 0.797. The zero-order valence-corrected chi connectivity index (χ0v) is 18.9. The topological polar surface area (TPSA) is 66.8 Å². The maximum atomic E-state index is 13.0. The van der Waals surface area contributed by atoms with Gasteiger partial charge in [0.15, 0.2) is 0 Å². The Kier molecular flexibility index (Phi) is 11.0. The number of benzene rings is 1. The molecule has 0 aromatic heterocycles. The lowest BCUT2D eigenvalue weighted by atomic mass is 9.84. The highest BCUT2D eigenvalue weighted by Crippen LogP contribution is 2.39. The molecule has 1 saturated carbocycles. The summed E-state index contributed by atoms with van der Waals surface area (Å²) in [6.45, 7) is 4.31. The Morgan fingerprint density at radius 2 is 1.74 bits per heavy atom. The summed E-state index contributed by atoms with van der Waals surface area (Å²) in [6, 6.07) is 6.17. The van der Waals surface area contributed by atoms with Crippen LogP contribution < -0.4 is 0 Å². The summed E-state index contributed by atoms with van der Waals surface area (Å²) >= 11 is 0. The van der Waals surface area contributed by atoms with Crippen LogP contribution in [-0.2, 0) is 9.53 Å². The molecule has 0 heterocycles. The Bertz CT molecular complexity index is 721. The van der Waals surface area contributed by atoms with Crippen LogP contribution in [0.3, 0.4) is 0 Å². The Labute approximate surface area is 186 Å². The van der Waals surface area contributed by atoms with E-state index in [1.807, 2.05) is 6.92 Å². The smallest absolute Gasteiger partial charge is 0.305 e. The summed E-state index contributed by atoms with van der Waals surface area (Å²) in [7, 11) is 0. The highest BCUT2D eigenvalue weighted by Gasteiger charge is 2.40. The largest absolute Gasteiger partial charge is 0.466 e. The first-order chi connectivity index (χ1) is 14.9. The minimum absolute atomic E-state index is 0.101. The van der Waals surface area contributed by atoms with Crippen molar-refractivity contribution in [3.8, 4) is 11.8 Å². The van der Waals surface area contributed by atoms with Gasteiger partial charge in [-0.3, -0.25) is 4.79 Å². The van der Waals surface area contributed by atoms with E-state index in [0.717, 1.165) is 50.5 Å². The van der Waals surface area contributed by atoms with Gasteiger partial charge in [-0.25, -0.2) is 4.39 Å². The molecule has 0 saturated heterocycles. The monoisotopic (exact) mass is 432 g/mol. The van der Waals surface area contributed by atoms with E-state index in [9.17, 15) is 19.4 Å². The molecule has 0 aliphatic heterocycles. The summed E-state index contributed by atoms with van der Waals surface area (Å²) in [5.74, 6) is 6.29. The van der Waals surface area contributed by atoms with Crippen molar-refractivity contribution >= 4 is 5.97 Å². The fourth-order valence-electron chi connectivity index (χ4n) is 4.47. The van der Waals surface area contributed by atoms with Gasteiger partial charge in [0.05, 0.1) is 18.8 Å². The van der Waals surface area contributed by atoms with E-state index in [0.29, 0.717) is 19.4 Å². The molecule has 1 aliphatic rings. The normalized spacial score (nSPS) is 23.8. The zero-order valence-electron chi connectivity index (χ0n) is 18.9. The van der Waals surface area contributed by atoms with Crippen molar-refractivity contribution in [1.29, 1.82) is 0 Å². The van der Waals surface area contributed by atoms with Crippen molar-refractivity contribution in [1.82, 2.24) is 0 Å². The Hall–Kier alpha value is -1.90. The van der Waals surface area contributed by atoms with Crippen LogP contribution in [0.4, 0.5) is 4.39 Å². The molecule has 1 aromatic rings. The average molecular weight is 433 g/mol. The number of rotatable bonds is 11. The first kappa shape index (κ1) is 25.4. The van der Waals surface area contributed by atoms with Gasteiger partial charge in [0, 0.05) is 17.9 Å². The van der Waals surface area contributed by atoms with Gasteiger partial charge in [-0.2, -0.15) is 0 Å². The first-order valence-corrected chi connectivity index (χ1v) is 11.7. The van der Waals surface area contributed by atoms with E-state index in [2.05, 4.69) is 18.8 Å². The predicted octanol–water partition coefficient (Wildman–Crippen LogP) is 4.86. The molecule has 2 N–H and O–H groups in total. The van der Waals surface area contributed by atoms with Crippen molar-refractivity contribution < 1.29 is 24.1 Å². The number of aliphatic hydroxyl groups excluding tert-OH is 2. The standard InChI is InChI=1S/C26H37FO4/c1-3-31-26(30)9-7-5-4-6-8-22-23(25(29)18-24(22)28)17-11-19(2)10-12-20-13-15-21(27)16-14-20/h13-16,19,22-25,28-29H,3-9,11,17-18H2,1-2H3/t19?,22-,23?,24+,25-/m1/s1. The summed E-state index contributed by atoms with van der Waals surface area (Å²) < 4.78 is 17.9. The van der Waals surface area contributed by atoms with Gasteiger partial charge in [0.25, 0.3) is 0 Å². The van der Waals surface area contributed by atoms with Gasteiger partial charge in [-0.1, -0.05) is 38.0 Å². The lowest BCUT2D eigenvalue weighted by molar-refractivity contribution is -0.143. The van der Waals surface area contributed by atoms with E-state index in [-0.39, 0.29) is 29.5 Å².